The van der Waals surface area contributed by atoms with Gasteiger partial charge in [0.2, 0.25) is 0 Å². The molecule has 0 bridgehead atoms. The Kier molecular flexibility index (Phi) is 7.34. The molecule has 178 valence electrons. The van der Waals surface area contributed by atoms with Gasteiger partial charge in [-0.2, -0.15) is 5.10 Å². The van der Waals surface area contributed by atoms with Crippen LogP contribution in [0.25, 0.3) is 16.6 Å². The summed E-state index contributed by atoms with van der Waals surface area (Å²) in [4.78, 5) is 42.0. The van der Waals surface area contributed by atoms with Gasteiger partial charge in [-0.25, -0.2) is 19.9 Å². The van der Waals surface area contributed by atoms with Crippen LogP contribution >= 0.6 is 43.5 Å². The molecule has 0 unspecified atom stereocenters. The first-order valence-electron chi connectivity index (χ1n) is 9.83. The van der Waals surface area contributed by atoms with Crippen molar-refractivity contribution in [1.82, 2.24) is 25.6 Å². The van der Waals surface area contributed by atoms with Crippen molar-refractivity contribution >= 4 is 77.8 Å². The van der Waals surface area contributed by atoms with E-state index in [1.54, 1.807) is 18.2 Å². The summed E-state index contributed by atoms with van der Waals surface area (Å²) in [5.41, 5.74) is 4.74. The molecule has 0 radical (unpaired) electrons. The number of aromatic nitrogens is 3. The molecule has 35 heavy (non-hydrogen) atoms. The fourth-order valence-corrected chi connectivity index (χ4v) is 4.47. The van der Waals surface area contributed by atoms with Crippen LogP contribution in [0.15, 0.2) is 63.8 Å². The smallest absolute Gasteiger partial charge is 0.425 e. The normalized spacial score (nSPS) is 10.6. The molecule has 10 nitrogen and oxygen atoms in total. The first kappa shape index (κ1) is 24.6. The zero-order valence-corrected chi connectivity index (χ0v) is 21.7. The predicted octanol–water partition coefficient (Wildman–Crippen LogP) is 4.85. The topological polar surface area (TPSA) is 127 Å². The molecule has 0 saturated heterocycles. The Bertz CT molecular complexity index is 1480. The van der Waals surface area contributed by atoms with E-state index in [2.05, 4.69) is 62.8 Å². The van der Waals surface area contributed by atoms with E-state index < -0.39 is 17.9 Å². The summed E-state index contributed by atoms with van der Waals surface area (Å²) < 4.78 is 6.61. The van der Waals surface area contributed by atoms with Crippen LogP contribution in [0.5, 0.6) is 0 Å². The number of hydrogen-bond acceptors (Lipinski definition) is 6. The number of nitrogens with one attached hydrogen (secondary N) is 3. The molecular weight excluding hydrogens is 608 g/mol. The van der Waals surface area contributed by atoms with Gasteiger partial charge in [0, 0.05) is 16.7 Å². The van der Waals surface area contributed by atoms with E-state index in [0.29, 0.717) is 9.08 Å². The second kappa shape index (κ2) is 10.4. The second-order valence-corrected chi connectivity index (χ2v) is 8.94. The van der Waals surface area contributed by atoms with Gasteiger partial charge >= 0.3 is 6.09 Å². The van der Waals surface area contributed by atoms with Crippen LogP contribution in [0.3, 0.4) is 0 Å². The second-order valence-electron chi connectivity index (χ2n) is 6.93. The molecule has 3 N–H and O–H groups in total. The highest BCUT2D eigenvalue weighted by molar-refractivity contribution is 9.11. The van der Waals surface area contributed by atoms with Gasteiger partial charge in [-0.1, -0.05) is 35.9 Å². The van der Waals surface area contributed by atoms with Crippen LogP contribution in [0.2, 0.25) is 5.02 Å². The first-order valence-corrected chi connectivity index (χ1v) is 11.8. The largest absolute Gasteiger partial charge is 0.452 e. The molecule has 0 aliphatic carbocycles. The lowest BCUT2D eigenvalue weighted by Crippen LogP contribution is -2.41. The molecule has 0 aliphatic heterocycles. The number of carbonyl (C=O) groups excluding carboxylic acids is 3. The molecule has 2 aromatic carbocycles. The van der Waals surface area contributed by atoms with Crippen molar-refractivity contribution in [3.8, 4) is 5.82 Å². The quantitative estimate of drug-likeness (QED) is 0.279. The van der Waals surface area contributed by atoms with Gasteiger partial charge in [0.1, 0.15) is 10.3 Å². The Hall–Kier alpha value is -3.48. The lowest BCUT2D eigenvalue weighted by atomic mass is 10.0. The fourth-order valence-electron chi connectivity index (χ4n) is 3.22. The number of nitrogens with zero attached hydrogens (tertiary/aromatic N) is 3. The number of benzene rings is 2. The minimum atomic E-state index is -0.857. The summed E-state index contributed by atoms with van der Waals surface area (Å²) >= 11 is 13.0. The highest BCUT2D eigenvalue weighted by Crippen LogP contribution is 2.35. The number of pyridine rings is 1. The van der Waals surface area contributed by atoms with Gasteiger partial charge in [0.05, 0.1) is 23.4 Å². The Morgan fingerprint density at radius 3 is 2.54 bits per heavy atom. The summed E-state index contributed by atoms with van der Waals surface area (Å²) in [5.74, 6) is -1.02. The monoisotopic (exact) mass is 620 g/mol. The third-order valence-electron chi connectivity index (χ3n) is 4.78. The van der Waals surface area contributed by atoms with Crippen LogP contribution in [0.1, 0.15) is 20.8 Å². The van der Waals surface area contributed by atoms with Gasteiger partial charge in [-0.3, -0.25) is 15.0 Å². The Balaban J connectivity index is 1.77. The van der Waals surface area contributed by atoms with E-state index in [1.165, 1.54) is 16.9 Å². The highest BCUT2D eigenvalue weighted by atomic mass is 79.9. The summed E-state index contributed by atoms with van der Waals surface area (Å²) in [5, 5.41) is 8.81. The molecule has 0 fully saturated rings. The van der Waals surface area contributed by atoms with Crippen LogP contribution < -0.4 is 16.2 Å². The number of ether oxygens (including phenoxy) is 1. The zero-order chi connectivity index (χ0) is 25.1. The summed E-state index contributed by atoms with van der Waals surface area (Å²) in [7, 11) is 1.16. The van der Waals surface area contributed by atoms with E-state index in [-0.39, 0.29) is 27.8 Å². The molecule has 0 spiro atoms. The lowest BCUT2D eigenvalue weighted by Gasteiger charge is -2.16. The van der Waals surface area contributed by atoms with E-state index >= 15 is 0 Å². The predicted molar refractivity (Wildman–Crippen MR) is 137 cm³/mol. The Labute approximate surface area is 220 Å². The molecule has 0 aliphatic rings. The molecule has 4 aromatic rings. The van der Waals surface area contributed by atoms with E-state index in [1.807, 2.05) is 24.3 Å². The zero-order valence-electron chi connectivity index (χ0n) is 17.8. The number of hydrogen-bond donors (Lipinski definition) is 3. The summed E-state index contributed by atoms with van der Waals surface area (Å²) in [6.07, 6.45) is 0.666. The molecule has 2 aromatic heterocycles. The molecule has 13 heteroatoms. The molecule has 3 amide bonds. The minimum absolute atomic E-state index is 0.0846. The van der Waals surface area contributed by atoms with E-state index in [0.717, 1.165) is 17.9 Å². The number of hydrazine groups is 1. The number of carbonyl (C=O) groups is 3. The number of rotatable bonds is 4. The summed E-state index contributed by atoms with van der Waals surface area (Å²) in [6, 6.07) is 13.6. The van der Waals surface area contributed by atoms with E-state index in [4.69, 9.17) is 11.6 Å². The average Bonchev–Trinajstić information content (AvgIpc) is 3.25. The van der Waals surface area contributed by atoms with Crippen molar-refractivity contribution in [3.63, 3.8) is 0 Å². The standard InChI is InChI=1S/C22H15Br2ClN6O4/c1-35-22(34)29-28-20(32)13-9-11-5-2-3-6-12(11)17(24)18(13)27-21(33)15-10-16(23)30-31(15)19-14(25)7-4-8-26-19/h2-10H,1H3,(H,27,33)(H,28,32)(H,29,34). The maximum absolute atomic E-state index is 13.4. The van der Waals surface area contributed by atoms with E-state index in [9.17, 15) is 14.4 Å². The van der Waals surface area contributed by atoms with Gasteiger partial charge in [0.15, 0.2) is 5.82 Å². The number of fused-ring (bicyclic) bond motifs is 1. The molecule has 2 heterocycles. The van der Waals surface area contributed by atoms with Gasteiger partial charge in [-0.15, -0.1) is 0 Å². The van der Waals surface area contributed by atoms with Crippen molar-refractivity contribution in [1.29, 1.82) is 0 Å². The van der Waals surface area contributed by atoms with Crippen LogP contribution in [0, 0.1) is 0 Å². The fraction of sp³-hybridized carbons (Fsp3) is 0.0455. The van der Waals surface area contributed by atoms with Gasteiger partial charge in [-0.05, 0) is 60.8 Å². The van der Waals surface area contributed by atoms with Crippen LogP contribution in [-0.2, 0) is 4.74 Å². The van der Waals surface area contributed by atoms with Crippen LogP contribution in [0.4, 0.5) is 10.5 Å². The van der Waals surface area contributed by atoms with Crippen molar-refractivity contribution in [3.05, 3.63) is 80.1 Å². The number of anilines is 1. The number of amides is 3. The molecule has 4 rings (SSSR count). The highest BCUT2D eigenvalue weighted by Gasteiger charge is 2.24. The summed E-state index contributed by atoms with van der Waals surface area (Å²) in [6.45, 7) is 0. The lowest BCUT2D eigenvalue weighted by molar-refractivity contribution is 0.0921. The maximum atomic E-state index is 13.4. The van der Waals surface area contributed by atoms with Crippen molar-refractivity contribution in [2.45, 2.75) is 0 Å². The third kappa shape index (κ3) is 5.14. The van der Waals surface area contributed by atoms with Gasteiger partial charge < -0.3 is 10.1 Å². The van der Waals surface area contributed by atoms with Crippen molar-refractivity contribution < 1.29 is 19.1 Å². The van der Waals surface area contributed by atoms with Crippen LogP contribution in [-0.4, -0.2) is 39.8 Å². The average molecular weight is 623 g/mol. The third-order valence-corrected chi connectivity index (χ3v) is 6.29. The Morgan fingerprint density at radius 1 is 1.03 bits per heavy atom. The van der Waals surface area contributed by atoms with Crippen molar-refractivity contribution in [2.24, 2.45) is 0 Å². The first-order chi connectivity index (χ1) is 16.8. The maximum Gasteiger partial charge on any atom is 0.425 e. The minimum Gasteiger partial charge on any atom is -0.452 e. The molecule has 0 atom stereocenters. The van der Waals surface area contributed by atoms with Crippen molar-refractivity contribution in [2.75, 3.05) is 12.4 Å². The molecule has 0 saturated carbocycles. The Morgan fingerprint density at radius 2 is 1.80 bits per heavy atom. The molecular formula is C22H15Br2ClN6O4. The van der Waals surface area contributed by atoms with Gasteiger partial charge in [0.25, 0.3) is 11.8 Å². The number of halogens is 3. The number of methoxy groups -OCH3 is 1. The SMILES string of the molecule is COC(=O)NNC(=O)c1cc2ccccc2c(Br)c1NC(=O)c1cc(Br)nn1-c1ncccc1Cl.